The molecule has 1 atom stereocenters. The van der Waals surface area contributed by atoms with Crippen LogP contribution in [0.1, 0.15) is 21.5 Å². The van der Waals surface area contributed by atoms with Gasteiger partial charge in [-0.3, -0.25) is 9.69 Å². The molecule has 1 heterocycles. The molecule has 1 aliphatic heterocycles. The summed E-state index contributed by atoms with van der Waals surface area (Å²) in [6, 6.07) is 12.1. The summed E-state index contributed by atoms with van der Waals surface area (Å²) in [4.78, 5) is 16.7. The van der Waals surface area contributed by atoms with E-state index in [-0.39, 0.29) is 31.4 Å². The van der Waals surface area contributed by atoms with Crippen LogP contribution in [0.25, 0.3) is 0 Å². The molecule has 1 fully saturated rings. The minimum atomic E-state index is -4.51. The maximum absolute atomic E-state index is 13.1. The third-order valence-electron chi connectivity index (χ3n) is 5.29. The van der Waals surface area contributed by atoms with Gasteiger partial charge in [0.1, 0.15) is 0 Å². The van der Waals surface area contributed by atoms with E-state index in [1.807, 2.05) is 24.3 Å². The number of rotatable bonds is 8. The van der Waals surface area contributed by atoms with Crippen molar-refractivity contribution in [3.63, 3.8) is 0 Å². The third-order valence-corrected chi connectivity index (χ3v) is 5.66. The number of carbonyl (C=O) groups excluding carboxylic acids is 1. The van der Waals surface area contributed by atoms with Crippen LogP contribution in [0.15, 0.2) is 48.5 Å². The quantitative estimate of drug-likeness (QED) is 0.575. The van der Waals surface area contributed by atoms with Gasteiger partial charge in [0.05, 0.1) is 24.9 Å². The van der Waals surface area contributed by atoms with Gasteiger partial charge in [0.15, 0.2) is 0 Å². The topological polar surface area (TPSA) is 42.0 Å². The predicted molar refractivity (Wildman–Crippen MR) is 116 cm³/mol. The standard InChI is InChI=1S/C23H26ClF3N2O3/c1-31-11-10-29(22(30)17-6-4-7-19(13-17)23(25,26)27)16-20-15-28(9-12-32-20)14-18-5-2-3-8-21(18)24/h2-8,13,20H,9-12,14-16H2,1H3. The molecular weight excluding hydrogens is 445 g/mol. The van der Waals surface area contributed by atoms with Crippen LogP contribution < -0.4 is 0 Å². The molecule has 0 aliphatic carbocycles. The van der Waals surface area contributed by atoms with Crippen LogP contribution >= 0.6 is 11.6 Å². The van der Waals surface area contributed by atoms with Crippen LogP contribution in [-0.2, 0) is 22.2 Å². The summed E-state index contributed by atoms with van der Waals surface area (Å²) in [7, 11) is 1.51. The van der Waals surface area contributed by atoms with Crippen molar-refractivity contribution in [2.24, 2.45) is 0 Å². The number of hydrogen-bond acceptors (Lipinski definition) is 4. The number of benzene rings is 2. The molecule has 0 spiro atoms. The van der Waals surface area contributed by atoms with E-state index in [1.54, 1.807) is 0 Å². The Balaban J connectivity index is 1.69. The van der Waals surface area contributed by atoms with Crippen LogP contribution in [0.2, 0.25) is 5.02 Å². The monoisotopic (exact) mass is 470 g/mol. The third kappa shape index (κ3) is 6.68. The summed E-state index contributed by atoms with van der Waals surface area (Å²) in [6.07, 6.45) is -4.79. The SMILES string of the molecule is COCCN(CC1CN(Cc2ccccc2Cl)CCO1)C(=O)c1cccc(C(F)(F)F)c1. The van der Waals surface area contributed by atoms with Gasteiger partial charge in [-0.25, -0.2) is 0 Å². The van der Waals surface area contributed by atoms with Gasteiger partial charge in [0, 0.05) is 50.4 Å². The lowest BCUT2D eigenvalue weighted by Crippen LogP contribution is -2.49. The highest BCUT2D eigenvalue weighted by Crippen LogP contribution is 2.30. The molecule has 1 saturated heterocycles. The molecule has 5 nitrogen and oxygen atoms in total. The van der Waals surface area contributed by atoms with E-state index in [1.165, 1.54) is 24.1 Å². The van der Waals surface area contributed by atoms with E-state index in [2.05, 4.69) is 4.90 Å². The molecule has 9 heteroatoms. The second kappa shape index (κ2) is 11.1. The Labute approximate surface area is 190 Å². The fourth-order valence-electron chi connectivity index (χ4n) is 3.64. The summed E-state index contributed by atoms with van der Waals surface area (Å²) in [5.41, 5.74) is 0.139. The average Bonchev–Trinajstić information content (AvgIpc) is 2.77. The Morgan fingerprint density at radius 3 is 2.75 bits per heavy atom. The maximum atomic E-state index is 13.1. The van der Waals surface area contributed by atoms with Gasteiger partial charge in [-0.15, -0.1) is 0 Å². The van der Waals surface area contributed by atoms with Crippen molar-refractivity contribution in [1.29, 1.82) is 0 Å². The zero-order valence-electron chi connectivity index (χ0n) is 17.8. The maximum Gasteiger partial charge on any atom is 0.416 e. The molecule has 1 unspecified atom stereocenters. The Morgan fingerprint density at radius 2 is 2.03 bits per heavy atom. The number of carbonyl (C=O) groups is 1. The lowest BCUT2D eigenvalue weighted by Gasteiger charge is -2.36. The Bertz CT molecular complexity index is 910. The van der Waals surface area contributed by atoms with Gasteiger partial charge in [0.2, 0.25) is 0 Å². The Morgan fingerprint density at radius 1 is 1.25 bits per heavy atom. The van der Waals surface area contributed by atoms with Crippen molar-refractivity contribution in [1.82, 2.24) is 9.80 Å². The molecule has 0 saturated carbocycles. The van der Waals surface area contributed by atoms with Crippen LogP contribution in [0.3, 0.4) is 0 Å². The lowest BCUT2D eigenvalue weighted by molar-refractivity contribution is -0.137. The Kier molecular flexibility index (Phi) is 8.53. The molecular formula is C23H26ClF3N2O3. The van der Waals surface area contributed by atoms with Crippen LogP contribution in [0, 0.1) is 0 Å². The minimum absolute atomic E-state index is 0.0142. The summed E-state index contributed by atoms with van der Waals surface area (Å²) in [5, 5.41) is 0.692. The number of ether oxygens (including phenoxy) is 2. The van der Waals surface area contributed by atoms with E-state index < -0.39 is 17.6 Å². The van der Waals surface area contributed by atoms with E-state index >= 15 is 0 Å². The van der Waals surface area contributed by atoms with Gasteiger partial charge in [0.25, 0.3) is 5.91 Å². The van der Waals surface area contributed by atoms with Gasteiger partial charge >= 0.3 is 6.18 Å². The fourth-order valence-corrected chi connectivity index (χ4v) is 3.83. The molecule has 1 aliphatic rings. The lowest BCUT2D eigenvalue weighted by atomic mass is 10.1. The predicted octanol–water partition coefficient (Wildman–Crippen LogP) is 4.35. The smallest absolute Gasteiger partial charge is 0.383 e. The Hall–Kier alpha value is -2.13. The zero-order chi connectivity index (χ0) is 23.1. The first-order valence-corrected chi connectivity index (χ1v) is 10.7. The first-order valence-electron chi connectivity index (χ1n) is 10.3. The van der Waals surface area contributed by atoms with Crippen molar-refractivity contribution in [2.75, 3.05) is 46.5 Å². The number of nitrogens with zero attached hydrogens (tertiary/aromatic N) is 2. The summed E-state index contributed by atoms with van der Waals surface area (Å²) in [5.74, 6) is -0.486. The number of amides is 1. The average molecular weight is 471 g/mol. The highest BCUT2D eigenvalue weighted by molar-refractivity contribution is 6.31. The number of hydrogen-bond donors (Lipinski definition) is 0. The molecule has 0 bridgehead atoms. The molecule has 32 heavy (non-hydrogen) atoms. The van der Waals surface area contributed by atoms with Crippen LogP contribution in [0.4, 0.5) is 13.2 Å². The molecule has 0 N–H and O–H groups in total. The molecule has 174 valence electrons. The van der Waals surface area contributed by atoms with Crippen molar-refractivity contribution in [3.8, 4) is 0 Å². The zero-order valence-corrected chi connectivity index (χ0v) is 18.5. The van der Waals surface area contributed by atoms with Crippen molar-refractivity contribution >= 4 is 17.5 Å². The van der Waals surface area contributed by atoms with E-state index in [0.29, 0.717) is 24.7 Å². The molecule has 1 amide bonds. The van der Waals surface area contributed by atoms with Gasteiger partial charge < -0.3 is 14.4 Å². The highest BCUT2D eigenvalue weighted by atomic mass is 35.5. The summed E-state index contributed by atoms with van der Waals surface area (Å²) >= 11 is 6.27. The molecule has 2 aromatic carbocycles. The first-order chi connectivity index (χ1) is 15.3. The van der Waals surface area contributed by atoms with E-state index in [4.69, 9.17) is 21.1 Å². The minimum Gasteiger partial charge on any atom is -0.383 e. The van der Waals surface area contributed by atoms with Gasteiger partial charge in [-0.2, -0.15) is 13.2 Å². The second-order valence-corrected chi connectivity index (χ2v) is 8.05. The summed E-state index contributed by atoms with van der Waals surface area (Å²) in [6.45, 7) is 3.20. The fraction of sp³-hybridized carbons (Fsp3) is 0.435. The highest BCUT2D eigenvalue weighted by Gasteiger charge is 2.32. The van der Waals surface area contributed by atoms with Crippen LogP contribution in [0.5, 0.6) is 0 Å². The van der Waals surface area contributed by atoms with Crippen molar-refractivity contribution in [3.05, 3.63) is 70.2 Å². The normalized spacial score (nSPS) is 17.3. The van der Waals surface area contributed by atoms with Crippen molar-refractivity contribution in [2.45, 2.75) is 18.8 Å². The van der Waals surface area contributed by atoms with Gasteiger partial charge in [-0.1, -0.05) is 35.9 Å². The first kappa shape index (κ1) is 24.5. The van der Waals surface area contributed by atoms with Crippen molar-refractivity contribution < 1.29 is 27.4 Å². The number of alkyl halides is 3. The summed E-state index contributed by atoms with van der Waals surface area (Å²) < 4.78 is 50.2. The number of morpholine rings is 1. The largest absolute Gasteiger partial charge is 0.416 e. The number of halogens is 4. The number of methoxy groups -OCH3 is 1. The molecule has 3 rings (SSSR count). The van der Waals surface area contributed by atoms with Crippen LogP contribution in [-0.4, -0.2) is 68.3 Å². The second-order valence-electron chi connectivity index (χ2n) is 7.64. The molecule has 2 aromatic rings. The van der Waals surface area contributed by atoms with Gasteiger partial charge in [-0.05, 0) is 29.8 Å². The molecule has 0 aromatic heterocycles. The molecule has 0 radical (unpaired) electrons. The van der Waals surface area contributed by atoms with E-state index in [0.717, 1.165) is 24.2 Å². The van der Waals surface area contributed by atoms with E-state index in [9.17, 15) is 18.0 Å².